The quantitative estimate of drug-likeness (QED) is 0.929. The minimum atomic E-state index is 0.585. The molecule has 0 radical (unpaired) electrons. The van der Waals surface area contributed by atoms with Crippen molar-refractivity contribution in [1.29, 1.82) is 0 Å². The van der Waals surface area contributed by atoms with Gasteiger partial charge in [-0.15, -0.1) is 0 Å². The smallest absolute Gasteiger partial charge is 0.155 e. The monoisotopic (exact) mass is 337 g/mol. The molecule has 108 valence electrons. The summed E-state index contributed by atoms with van der Waals surface area (Å²) in [5.74, 6) is 0.682. The van der Waals surface area contributed by atoms with E-state index < -0.39 is 0 Å². The molecule has 3 rings (SSSR count). The van der Waals surface area contributed by atoms with Gasteiger partial charge in [0, 0.05) is 25.3 Å². The van der Waals surface area contributed by atoms with Gasteiger partial charge >= 0.3 is 0 Å². The molecule has 1 aliphatic rings. The van der Waals surface area contributed by atoms with Crippen LogP contribution in [0, 0.1) is 5.92 Å². The second kappa shape index (κ2) is 5.79. The highest BCUT2D eigenvalue weighted by Crippen LogP contribution is 2.16. The summed E-state index contributed by atoms with van der Waals surface area (Å²) in [5.41, 5.74) is 2.07. The van der Waals surface area contributed by atoms with Crippen molar-refractivity contribution < 1.29 is 0 Å². The Labute approximate surface area is 127 Å². The fraction of sp³-hybridized carbons (Fsp3) is 0.571. The fourth-order valence-corrected chi connectivity index (χ4v) is 3.25. The van der Waals surface area contributed by atoms with Crippen LogP contribution in [0.4, 0.5) is 0 Å². The summed E-state index contributed by atoms with van der Waals surface area (Å²) >= 11 is 3.41. The topological polar surface area (TPSA) is 45.5 Å². The highest BCUT2D eigenvalue weighted by atomic mass is 79.9. The van der Waals surface area contributed by atoms with Gasteiger partial charge in [-0.2, -0.15) is 0 Å². The van der Waals surface area contributed by atoms with Crippen molar-refractivity contribution in [1.82, 2.24) is 24.6 Å². The first-order valence-electron chi connectivity index (χ1n) is 7.03. The summed E-state index contributed by atoms with van der Waals surface area (Å²) in [7, 11) is 2.20. The Hall–Kier alpha value is -0.980. The maximum atomic E-state index is 4.39. The van der Waals surface area contributed by atoms with Crippen molar-refractivity contribution in [3.05, 3.63) is 28.9 Å². The van der Waals surface area contributed by atoms with E-state index >= 15 is 0 Å². The van der Waals surface area contributed by atoms with Gasteiger partial charge in [-0.3, -0.25) is 4.40 Å². The van der Waals surface area contributed by atoms with E-state index in [1.807, 2.05) is 12.4 Å². The number of likely N-dealkylation sites (tertiary alicyclic amines) is 1. The Bertz CT molecular complexity index is 596. The molecule has 0 aliphatic carbocycles. The minimum absolute atomic E-state index is 0.585. The Morgan fingerprint density at radius 3 is 3.05 bits per heavy atom. The third-order valence-corrected chi connectivity index (χ3v) is 4.50. The molecule has 2 unspecified atom stereocenters. The first kappa shape index (κ1) is 14.0. The Morgan fingerprint density at radius 2 is 2.25 bits per heavy atom. The SMILES string of the molecule is CC1CN(C)CCC1NCc1cnc2cnc(Br)cn12. The average Bonchev–Trinajstić information content (AvgIpc) is 2.80. The Morgan fingerprint density at radius 1 is 1.40 bits per heavy atom. The Balaban J connectivity index is 1.69. The zero-order valence-corrected chi connectivity index (χ0v) is 13.5. The standard InChI is InChI=1S/C14H20BrN5/c1-10-8-19(2)4-3-12(10)16-5-11-6-18-14-7-17-13(15)9-20(11)14/h6-7,9-10,12,16H,3-5,8H2,1-2H3. The molecule has 0 saturated carbocycles. The van der Waals surface area contributed by atoms with E-state index in [4.69, 9.17) is 0 Å². The molecule has 6 heteroatoms. The number of aromatic nitrogens is 3. The normalized spacial score (nSPS) is 24.4. The van der Waals surface area contributed by atoms with E-state index in [-0.39, 0.29) is 0 Å². The van der Waals surface area contributed by atoms with Crippen molar-refractivity contribution in [2.24, 2.45) is 5.92 Å². The molecule has 1 aliphatic heterocycles. The predicted molar refractivity (Wildman–Crippen MR) is 82.6 cm³/mol. The van der Waals surface area contributed by atoms with Gasteiger partial charge in [0.05, 0.1) is 18.1 Å². The fourth-order valence-electron chi connectivity index (χ4n) is 2.94. The van der Waals surface area contributed by atoms with Gasteiger partial charge in [0.25, 0.3) is 0 Å². The number of nitrogens with one attached hydrogen (secondary N) is 1. The van der Waals surface area contributed by atoms with Gasteiger partial charge in [-0.1, -0.05) is 6.92 Å². The molecule has 2 aromatic rings. The summed E-state index contributed by atoms with van der Waals surface area (Å²) in [5, 5.41) is 3.68. The molecule has 1 fully saturated rings. The van der Waals surface area contributed by atoms with Crippen molar-refractivity contribution >= 4 is 21.6 Å². The second-order valence-electron chi connectivity index (χ2n) is 5.70. The number of hydrogen-bond acceptors (Lipinski definition) is 4. The van der Waals surface area contributed by atoms with Crippen molar-refractivity contribution in [2.45, 2.75) is 25.9 Å². The van der Waals surface area contributed by atoms with E-state index in [0.29, 0.717) is 12.0 Å². The van der Waals surface area contributed by atoms with E-state index in [1.165, 1.54) is 25.2 Å². The van der Waals surface area contributed by atoms with Gasteiger partial charge in [0.15, 0.2) is 5.65 Å². The third-order valence-electron chi connectivity index (χ3n) is 4.09. The van der Waals surface area contributed by atoms with Crippen LogP contribution in [0.5, 0.6) is 0 Å². The summed E-state index contributed by atoms with van der Waals surface area (Å²) in [6, 6.07) is 0.585. The van der Waals surface area contributed by atoms with Crippen LogP contribution in [-0.4, -0.2) is 45.4 Å². The zero-order chi connectivity index (χ0) is 14.1. The highest BCUT2D eigenvalue weighted by molar-refractivity contribution is 9.10. The molecule has 20 heavy (non-hydrogen) atoms. The van der Waals surface area contributed by atoms with Crippen LogP contribution >= 0.6 is 15.9 Å². The van der Waals surface area contributed by atoms with Crippen LogP contribution in [0.1, 0.15) is 19.0 Å². The second-order valence-corrected chi connectivity index (χ2v) is 6.52. The maximum absolute atomic E-state index is 4.39. The first-order valence-corrected chi connectivity index (χ1v) is 7.82. The summed E-state index contributed by atoms with van der Waals surface area (Å²) in [4.78, 5) is 11.0. The van der Waals surface area contributed by atoms with Gasteiger partial charge in [0.2, 0.25) is 0 Å². The van der Waals surface area contributed by atoms with Crippen molar-refractivity contribution in [3.63, 3.8) is 0 Å². The van der Waals surface area contributed by atoms with Crippen molar-refractivity contribution in [3.8, 4) is 0 Å². The molecule has 0 amide bonds. The molecule has 3 heterocycles. The lowest BCUT2D eigenvalue weighted by molar-refractivity contribution is 0.174. The molecule has 1 N–H and O–H groups in total. The third kappa shape index (κ3) is 2.87. The number of nitrogens with zero attached hydrogens (tertiary/aromatic N) is 4. The summed E-state index contributed by atoms with van der Waals surface area (Å²) in [6.07, 6.45) is 6.89. The van der Waals surface area contributed by atoms with Gasteiger partial charge < -0.3 is 10.2 Å². The highest BCUT2D eigenvalue weighted by Gasteiger charge is 2.23. The maximum Gasteiger partial charge on any atom is 0.155 e. The molecule has 2 atom stereocenters. The van der Waals surface area contributed by atoms with E-state index in [9.17, 15) is 0 Å². The van der Waals surface area contributed by atoms with Crippen molar-refractivity contribution in [2.75, 3.05) is 20.1 Å². The number of imidazole rings is 1. The predicted octanol–water partition coefficient (Wildman–Crippen LogP) is 1.92. The minimum Gasteiger partial charge on any atom is -0.308 e. The van der Waals surface area contributed by atoms with Crippen LogP contribution in [0.25, 0.3) is 5.65 Å². The summed E-state index contributed by atoms with van der Waals surface area (Å²) < 4.78 is 2.92. The lowest BCUT2D eigenvalue weighted by Crippen LogP contribution is -2.46. The average molecular weight is 338 g/mol. The van der Waals surface area contributed by atoms with Crippen LogP contribution in [0.2, 0.25) is 0 Å². The first-order chi connectivity index (χ1) is 9.63. The lowest BCUT2D eigenvalue weighted by Gasteiger charge is -2.35. The molecule has 1 saturated heterocycles. The molecule has 5 nitrogen and oxygen atoms in total. The summed E-state index contributed by atoms with van der Waals surface area (Å²) in [6.45, 7) is 5.50. The number of fused-ring (bicyclic) bond motifs is 1. The van der Waals surface area contributed by atoms with Gasteiger partial charge in [0.1, 0.15) is 4.60 Å². The lowest BCUT2D eigenvalue weighted by atomic mass is 9.94. The number of rotatable bonds is 3. The molecule has 0 spiro atoms. The number of hydrogen-bond donors (Lipinski definition) is 1. The van der Waals surface area contributed by atoms with Gasteiger partial charge in [-0.05, 0) is 41.9 Å². The zero-order valence-electron chi connectivity index (χ0n) is 11.9. The van der Waals surface area contributed by atoms with E-state index in [1.54, 1.807) is 6.20 Å². The molecular weight excluding hydrogens is 318 g/mol. The van der Waals surface area contributed by atoms with Crippen LogP contribution in [0.15, 0.2) is 23.2 Å². The molecule has 2 aromatic heterocycles. The Kier molecular flexibility index (Phi) is 4.05. The largest absolute Gasteiger partial charge is 0.308 e. The van der Waals surface area contributed by atoms with Crippen LogP contribution < -0.4 is 5.32 Å². The van der Waals surface area contributed by atoms with Crippen LogP contribution in [-0.2, 0) is 6.54 Å². The molecule has 0 aromatic carbocycles. The number of piperidine rings is 1. The van der Waals surface area contributed by atoms with E-state index in [0.717, 1.165) is 16.8 Å². The van der Waals surface area contributed by atoms with Crippen LogP contribution in [0.3, 0.4) is 0 Å². The van der Waals surface area contributed by atoms with E-state index in [2.05, 4.69) is 54.5 Å². The molecular formula is C14H20BrN5. The van der Waals surface area contributed by atoms with Gasteiger partial charge in [-0.25, -0.2) is 9.97 Å². The number of halogens is 1. The molecule has 0 bridgehead atoms.